The third-order valence-corrected chi connectivity index (χ3v) is 6.55. The summed E-state index contributed by atoms with van der Waals surface area (Å²) < 4.78 is 1.01. The van der Waals surface area contributed by atoms with E-state index in [1.165, 1.54) is 0 Å². The summed E-state index contributed by atoms with van der Waals surface area (Å²) in [6.07, 6.45) is 4.13. The van der Waals surface area contributed by atoms with Gasteiger partial charge < -0.3 is 14.9 Å². The number of halogens is 1. The minimum absolute atomic E-state index is 0.0232. The van der Waals surface area contributed by atoms with Gasteiger partial charge in [-0.1, -0.05) is 40.9 Å². The Labute approximate surface area is 156 Å². The zero-order valence-electron chi connectivity index (χ0n) is 14.1. The molecule has 1 aromatic rings. The molecule has 134 valence electrons. The molecule has 6 heteroatoms. The molecule has 2 saturated heterocycles. The van der Waals surface area contributed by atoms with Crippen molar-refractivity contribution in [3.05, 3.63) is 34.3 Å². The minimum atomic E-state index is -0.178. The maximum absolute atomic E-state index is 12.8. The lowest BCUT2D eigenvalue weighted by molar-refractivity contribution is -0.168. The first kappa shape index (κ1) is 17.0. The Kier molecular flexibility index (Phi) is 4.58. The van der Waals surface area contributed by atoms with E-state index in [4.69, 9.17) is 0 Å². The lowest BCUT2D eigenvalue weighted by Crippen LogP contribution is -2.73. The summed E-state index contributed by atoms with van der Waals surface area (Å²) in [6, 6.07) is 7.85. The summed E-state index contributed by atoms with van der Waals surface area (Å²) >= 11 is 3.44. The highest BCUT2D eigenvalue weighted by molar-refractivity contribution is 9.10. The average Bonchev–Trinajstić information content (AvgIpc) is 3.12. The third-order valence-electron chi connectivity index (χ3n) is 6.02. The van der Waals surface area contributed by atoms with Crippen LogP contribution >= 0.6 is 15.9 Å². The quantitative estimate of drug-likeness (QED) is 0.836. The lowest BCUT2D eigenvalue weighted by atomic mass is 9.73. The first-order valence-corrected chi connectivity index (χ1v) is 9.85. The predicted molar refractivity (Wildman–Crippen MR) is 96.9 cm³/mol. The number of hydrogen-bond acceptors (Lipinski definition) is 3. The van der Waals surface area contributed by atoms with E-state index < -0.39 is 0 Å². The van der Waals surface area contributed by atoms with Crippen LogP contribution in [-0.4, -0.2) is 58.5 Å². The van der Waals surface area contributed by atoms with Crippen molar-refractivity contribution in [2.75, 3.05) is 19.7 Å². The average molecular weight is 407 g/mol. The smallest absolute Gasteiger partial charge is 0.242 e. The van der Waals surface area contributed by atoms with Crippen molar-refractivity contribution in [3.8, 4) is 0 Å². The normalized spacial score (nSPS) is 29.5. The van der Waals surface area contributed by atoms with E-state index in [1.807, 2.05) is 24.3 Å². The molecule has 1 aromatic carbocycles. The summed E-state index contributed by atoms with van der Waals surface area (Å²) in [5.74, 6) is 0.294. The Morgan fingerprint density at radius 2 is 1.88 bits per heavy atom. The predicted octanol–water partition coefficient (Wildman–Crippen LogP) is 2.14. The molecule has 1 aliphatic carbocycles. The standard InChI is InChI=1S/C19H23BrN2O3/c20-14-7-5-12(6-8-14)18-15-9-21(19(25)13-3-1-2-4-13)10-17(24)22(15)16(18)11-23/h5-8,13,15-16,18,23H,1-4,9-11H2/t15-,16-,18-/m1/s1. The van der Waals surface area contributed by atoms with Gasteiger partial charge in [0.1, 0.15) is 0 Å². The Morgan fingerprint density at radius 3 is 2.52 bits per heavy atom. The highest BCUT2D eigenvalue weighted by Gasteiger charge is 2.54. The fourth-order valence-electron chi connectivity index (χ4n) is 4.78. The van der Waals surface area contributed by atoms with Gasteiger partial charge in [-0.2, -0.15) is 0 Å². The Morgan fingerprint density at radius 1 is 1.20 bits per heavy atom. The van der Waals surface area contributed by atoms with Gasteiger partial charge >= 0.3 is 0 Å². The number of rotatable bonds is 3. The number of piperazine rings is 1. The molecular formula is C19H23BrN2O3. The van der Waals surface area contributed by atoms with Crippen molar-refractivity contribution in [1.29, 1.82) is 0 Å². The second kappa shape index (κ2) is 6.72. The van der Waals surface area contributed by atoms with E-state index >= 15 is 0 Å². The number of carbonyl (C=O) groups is 2. The number of aliphatic hydroxyl groups excluding tert-OH is 1. The summed E-state index contributed by atoms with van der Waals surface area (Å²) in [5, 5.41) is 9.79. The maximum Gasteiger partial charge on any atom is 0.242 e. The van der Waals surface area contributed by atoms with Gasteiger partial charge in [0.25, 0.3) is 0 Å². The fourth-order valence-corrected chi connectivity index (χ4v) is 5.05. The third kappa shape index (κ3) is 2.89. The van der Waals surface area contributed by atoms with Crippen molar-refractivity contribution in [2.45, 2.75) is 43.7 Å². The molecule has 3 fully saturated rings. The molecule has 5 nitrogen and oxygen atoms in total. The summed E-state index contributed by atoms with van der Waals surface area (Å²) in [4.78, 5) is 28.9. The van der Waals surface area contributed by atoms with Crippen molar-refractivity contribution in [2.24, 2.45) is 5.92 Å². The van der Waals surface area contributed by atoms with Gasteiger partial charge in [0.15, 0.2) is 0 Å². The van der Waals surface area contributed by atoms with Gasteiger partial charge in [-0.25, -0.2) is 0 Å². The van der Waals surface area contributed by atoms with Gasteiger partial charge in [0.2, 0.25) is 11.8 Å². The highest BCUT2D eigenvalue weighted by Crippen LogP contribution is 2.43. The second-order valence-electron chi connectivity index (χ2n) is 7.40. The van der Waals surface area contributed by atoms with Gasteiger partial charge in [0.05, 0.1) is 25.2 Å². The molecule has 0 bridgehead atoms. The number of benzene rings is 1. The molecular weight excluding hydrogens is 384 g/mol. The monoisotopic (exact) mass is 406 g/mol. The van der Waals surface area contributed by atoms with E-state index in [1.54, 1.807) is 9.80 Å². The van der Waals surface area contributed by atoms with Crippen LogP contribution in [0.5, 0.6) is 0 Å². The molecule has 1 saturated carbocycles. The molecule has 2 aliphatic heterocycles. The summed E-state index contributed by atoms with van der Waals surface area (Å²) in [7, 11) is 0. The number of nitrogens with zero attached hydrogens (tertiary/aromatic N) is 2. The van der Waals surface area contributed by atoms with E-state index in [-0.39, 0.29) is 48.9 Å². The van der Waals surface area contributed by atoms with E-state index in [0.29, 0.717) is 6.54 Å². The van der Waals surface area contributed by atoms with E-state index in [2.05, 4.69) is 15.9 Å². The first-order valence-electron chi connectivity index (χ1n) is 9.06. The fraction of sp³-hybridized carbons (Fsp3) is 0.579. The zero-order valence-corrected chi connectivity index (χ0v) is 15.7. The Hall–Kier alpha value is -1.40. The minimum Gasteiger partial charge on any atom is -0.394 e. The van der Waals surface area contributed by atoms with Gasteiger partial charge in [-0.3, -0.25) is 9.59 Å². The van der Waals surface area contributed by atoms with Crippen LogP contribution in [0.4, 0.5) is 0 Å². The number of carbonyl (C=O) groups excluding carboxylic acids is 2. The molecule has 2 amide bonds. The number of hydrogen-bond donors (Lipinski definition) is 1. The van der Waals surface area contributed by atoms with Crippen molar-refractivity contribution in [3.63, 3.8) is 0 Å². The summed E-state index contributed by atoms with van der Waals surface area (Å²) in [6.45, 7) is 0.702. The lowest BCUT2D eigenvalue weighted by Gasteiger charge is -2.59. The van der Waals surface area contributed by atoms with Gasteiger partial charge in [-0.05, 0) is 30.5 Å². The van der Waals surface area contributed by atoms with Crippen LogP contribution in [0.3, 0.4) is 0 Å². The van der Waals surface area contributed by atoms with Gasteiger partial charge in [0, 0.05) is 22.9 Å². The highest BCUT2D eigenvalue weighted by atomic mass is 79.9. The van der Waals surface area contributed by atoms with Crippen LogP contribution in [0.1, 0.15) is 37.2 Å². The number of amides is 2. The largest absolute Gasteiger partial charge is 0.394 e. The van der Waals surface area contributed by atoms with Crippen molar-refractivity contribution < 1.29 is 14.7 Å². The first-order chi connectivity index (χ1) is 12.1. The van der Waals surface area contributed by atoms with Crippen molar-refractivity contribution in [1.82, 2.24) is 9.80 Å². The molecule has 4 rings (SSSR count). The topological polar surface area (TPSA) is 60.9 Å². The van der Waals surface area contributed by atoms with Crippen LogP contribution in [0.15, 0.2) is 28.7 Å². The molecule has 0 spiro atoms. The van der Waals surface area contributed by atoms with Crippen LogP contribution in [-0.2, 0) is 9.59 Å². The second-order valence-corrected chi connectivity index (χ2v) is 8.31. The molecule has 0 radical (unpaired) electrons. The van der Waals surface area contributed by atoms with Gasteiger partial charge in [-0.15, -0.1) is 0 Å². The zero-order chi connectivity index (χ0) is 17.6. The van der Waals surface area contributed by atoms with Crippen LogP contribution in [0, 0.1) is 5.92 Å². The molecule has 2 heterocycles. The molecule has 1 N–H and O–H groups in total. The van der Waals surface area contributed by atoms with Crippen LogP contribution < -0.4 is 0 Å². The molecule has 3 aliphatic rings. The maximum atomic E-state index is 12.8. The van der Waals surface area contributed by atoms with E-state index in [9.17, 15) is 14.7 Å². The number of fused-ring (bicyclic) bond motifs is 1. The summed E-state index contributed by atoms with van der Waals surface area (Å²) in [5.41, 5.74) is 1.12. The molecule has 0 unspecified atom stereocenters. The van der Waals surface area contributed by atoms with E-state index in [0.717, 1.165) is 35.7 Å². The Balaban J connectivity index is 1.55. The van der Waals surface area contributed by atoms with Crippen LogP contribution in [0.2, 0.25) is 0 Å². The molecule has 3 atom stereocenters. The molecule has 0 aromatic heterocycles. The van der Waals surface area contributed by atoms with Crippen LogP contribution in [0.25, 0.3) is 0 Å². The Bertz CT molecular complexity index is 672. The molecule has 25 heavy (non-hydrogen) atoms. The van der Waals surface area contributed by atoms with Crippen molar-refractivity contribution >= 4 is 27.7 Å². The number of aliphatic hydroxyl groups is 1. The SMILES string of the molecule is O=C(C1CCCC1)N1CC(=O)N2[C@H](CO)[C@H](c3ccc(Br)cc3)[C@H]2C1.